The SMILES string of the molecule is CC(Nc1ccc(=O)n(C)c1)c1ccc(Br)o1. The summed E-state index contributed by atoms with van der Waals surface area (Å²) in [6.45, 7) is 2.00. The van der Waals surface area contributed by atoms with Gasteiger partial charge in [-0.3, -0.25) is 4.79 Å². The molecule has 0 radical (unpaired) electrons. The zero-order valence-corrected chi connectivity index (χ0v) is 11.2. The fraction of sp³-hybridized carbons (Fsp3) is 0.250. The molecule has 0 aliphatic carbocycles. The number of aromatic nitrogens is 1. The normalized spacial score (nSPS) is 12.4. The second-order valence-electron chi connectivity index (χ2n) is 3.87. The highest BCUT2D eigenvalue weighted by Gasteiger charge is 2.09. The molecule has 0 spiro atoms. The van der Waals surface area contributed by atoms with Crippen LogP contribution >= 0.6 is 15.9 Å². The zero-order chi connectivity index (χ0) is 12.4. The van der Waals surface area contributed by atoms with Crippen LogP contribution in [0.4, 0.5) is 5.69 Å². The van der Waals surface area contributed by atoms with Crippen LogP contribution in [-0.4, -0.2) is 4.57 Å². The first kappa shape index (κ1) is 12.0. The highest BCUT2D eigenvalue weighted by Crippen LogP contribution is 2.23. The quantitative estimate of drug-likeness (QED) is 0.947. The molecule has 90 valence electrons. The Morgan fingerprint density at radius 1 is 1.35 bits per heavy atom. The van der Waals surface area contributed by atoms with Crippen molar-refractivity contribution in [2.75, 3.05) is 5.32 Å². The van der Waals surface area contributed by atoms with Crippen molar-refractivity contribution in [1.29, 1.82) is 0 Å². The number of halogens is 1. The molecule has 0 aromatic carbocycles. The third-order valence-electron chi connectivity index (χ3n) is 2.49. The van der Waals surface area contributed by atoms with Gasteiger partial charge in [0.15, 0.2) is 4.67 Å². The lowest BCUT2D eigenvalue weighted by Gasteiger charge is -2.13. The first-order valence-electron chi connectivity index (χ1n) is 5.25. The summed E-state index contributed by atoms with van der Waals surface area (Å²) in [7, 11) is 1.72. The molecule has 2 rings (SSSR count). The monoisotopic (exact) mass is 296 g/mol. The molecule has 2 aromatic heterocycles. The second-order valence-corrected chi connectivity index (χ2v) is 4.66. The Hall–Kier alpha value is -1.49. The van der Waals surface area contributed by atoms with Gasteiger partial charge in [-0.15, -0.1) is 0 Å². The lowest BCUT2D eigenvalue weighted by Crippen LogP contribution is -2.16. The highest BCUT2D eigenvalue weighted by molar-refractivity contribution is 9.10. The van der Waals surface area contributed by atoms with Crippen LogP contribution in [-0.2, 0) is 7.05 Å². The number of rotatable bonds is 3. The molecule has 4 nitrogen and oxygen atoms in total. The molecule has 17 heavy (non-hydrogen) atoms. The first-order chi connectivity index (χ1) is 8.06. The molecule has 0 bridgehead atoms. The third kappa shape index (κ3) is 2.79. The lowest BCUT2D eigenvalue weighted by atomic mass is 10.2. The number of nitrogens with zero attached hydrogens (tertiary/aromatic N) is 1. The summed E-state index contributed by atoms with van der Waals surface area (Å²) in [5, 5.41) is 3.27. The van der Waals surface area contributed by atoms with Gasteiger partial charge in [0.2, 0.25) is 5.56 Å². The lowest BCUT2D eigenvalue weighted by molar-refractivity contribution is 0.471. The van der Waals surface area contributed by atoms with Crippen LogP contribution in [0, 0.1) is 0 Å². The minimum absolute atomic E-state index is 0.0241. The van der Waals surface area contributed by atoms with Crippen molar-refractivity contribution in [2.24, 2.45) is 7.05 Å². The Balaban J connectivity index is 2.15. The molecule has 1 N–H and O–H groups in total. The summed E-state index contributed by atoms with van der Waals surface area (Å²) in [4.78, 5) is 11.2. The van der Waals surface area contributed by atoms with E-state index in [4.69, 9.17) is 4.42 Å². The average Bonchev–Trinajstić information content (AvgIpc) is 2.70. The van der Waals surface area contributed by atoms with Gasteiger partial charge < -0.3 is 14.3 Å². The number of anilines is 1. The molecule has 1 atom stereocenters. The maximum Gasteiger partial charge on any atom is 0.250 e. The van der Waals surface area contributed by atoms with E-state index in [0.717, 1.165) is 11.4 Å². The van der Waals surface area contributed by atoms with Gasteiger partial charge in [-0.05, 0) is 41.1 Å². The van der Waals surface area contributed by atoms with Crippen molar-refractivity contribution in [1.82, 2.24) is 4.57 Å². The van der Waals surface area contributed by atoms with E-state index in [0.29, 0.717) is 4.67 Å². The molecule has 2 heterocycles. The Bertz CT molecular complexity index is 574. The summed E-state index contributed by atoms with van der Waals surface area (Å²) >= 11 is 3.27. The van der Waals surface area contributed by atoms with E-state index in [9.17, 15) is 4.79 Å². The Morgan fingerprint density at radius 2 is 2.12 bits per heavy atom. The number of nitrogens with one attached hydrogen (secondary N) is 1. The molecule has 2 aromatic rings. The Kier molecular flexibility index (Phi) is 3.38. The molecule has 1 unspecified atom stereocenters. The maximum absolute atomic E-state index is 11.2. The second kappa shape index (κ2) is 4.79. The maximum atomic E-state index is 11.2. The van der Waals surface area contributed by atoms with Gasteiger partial charge in [0.1, 0.15) is 5.76 Å². The predicted octanol–water partition coefficient (Wildman–Crippen LogP) is 2.91. The standard InChI is InChI=1S/C12H13BrN2O2/c1-8(10-4-5-11(13)17-10)14-9-3-6-12(16)15(2)7-9/h3-8,14H,1-2H3. The van der Waals surface area contributed by atoms with Crippen LogP contribution in [0.5, 0.6) is 0 Å². The van der Waals surface area contributed by atoms with Gasteiger partial charge in [0.25, 0.3) is 0 Å². The minimum atomic E-state index is -0.0241. The first-order valence-corrected chi connectivity index (χ1v) is 6.04. The molecule has 0 amide bonds. The van der Waals surface area contributed by atoms with E-state index in [1.165, 1.54) is 10.6 Å². The summed E-state index contributed by atoms with van der Waals surface area (Å²) in [5.41, 5.74) is 0.857. The van der Waals surface area contributed by atoms with Crippen molar-refractivity contribution in [3.63, 3.8) is 0 Å². The smallest absolute Gasteiger partial charge is 0.250 e. The Labute approximate surface area is 107 Å². The van der Waals surface area contributed by atoms with E-state index in [-0.39, 0.29) is 11.6 Å². The number of furan rings is 1. The summed E-state index contributed by atoms with van der Waals surface area (Å²) in [6, 6.07) is 7.10. The van der Waals surface area contributed by atoms with Crippen LogP contribution in [0.25, 0.3) is 0 Å². The molecule has 0 aliphatic rings. The summed E-state index contributed by atoms with van der Waals surface area (Å²) in [5.74, 6) is 0.839. The zero-order valence-electron chi connectivity index (χ0n) is 9.61. The molecule has 0 aliphatic heterocycles. The van der Waals surface area contributed by atoms with Gasteiger partial charge >= 0.3 is 0 Å². The van der Waals surface area contributed by atoms with Gasteiger partial charge in [-0.25, -0.2) is 0 Å². The van der Waals surface area contributed by atoms with E-state index < -0.39 is 0 Å². The van der Waals surface area contributed by atoms with Crippen LogP contribution in [0.3, 0.4) is 0 Å². The summed E-state index contributed by atoms with van der Waals surface area (Å²) < 4.78 is 7.70. The van der Waals surface area contributed by atoms with Crippen molar-refractivity contribution in [3.8, 4) is 0 Å². The molecule has 0 saturated heterocycles. The fourth-order valence-corrected chi connectivity index (χ4v) is 1.88. The van der Waals surface area contributed by atoms with Gasteiger partial charge in [0.05, 0.1) is 11.7 Å². The van der Waals surface area contributed by atoms with Gasteiger partial charge in [-0.2, -0.15) is 0 Å². The van der Waals surface area contributed by atoms with E-state index in [1.54, 1.807) is 19.3 Å². The molecule has 5 heteroatoms. The molecule has 0 saturated carbocycles. The van der Waals surface area contributed by atoms with Crippen LogP contribution in [0.1, 0.15) is 18.7 Å². The van der Waals surface area contributed by atoms with E-state index >= 15 is 0 Å². The van der Waals surface area contributed by atoms with Crippen molar-refractivity contribution in [2.45, 2.75) is 13.0 Å². The predicted molar refractivity (Wildman–Crippen MR) is 70.1 cm³/mol. The van der Waals surface area contributed by atoms with Crippen LogP contribution < -0.4 is 10.9 Å². The number of hydrogen-bond donors (Lipinski definition) is 1. The third-order valence-corrected chi connectivity index (χ3v) is 2.92. The van der Waals surface area contributed by atoms with Crippen LogP contribution in [0.2, 0.25) is 0 Å². The van der Waals surface area contributed by atoms with E-state index in [1.807, 2.05) is 19.1 Å². The number of aryl methyl sites for hydroxylation is 1. The number of pyridine rings is 1. The van der Waals surface area contributed by atoms with E-state index in [2.05, 4.69) is 21.2 Å². The van der Waals surface area contributed by atoms with Gasteiger partial charge in [-0.1, -0.05) is 0 Å². The highest BCUT2D eigenvalue weighted by atomic mass is 79.9. The minimum Gasteiger partial charge on any atom is -0.452 e. The average molecular weight is 297 g/mol. The topological polar surface area (TPSA) is 47.2 Å². The van der Waals surface area contributed by atoms with Crippen molar-refractivity contribution < 1.29 is 4.42 Å². The Morgan fingerprint density at radius 3 is 2.71 bits per heavy atom. The largest absolute Gasteiger partial charge is 0.452 e. The molecular weight excluding hydrogens is 284 g/mol. The molecule has 0 fully saturated rings. The molecular formula is C12H13BrN2O2. The number of hydrogen-bond acceptors (Lipinski definition) is 3. The summed E-state index contributed by atoms with van der Waals surface area (Å²) in [6.07, 6.45) is 1.76. The van der Waals surface area contributed by atoms with Crippen molar-refractivity contribution >= 4 is 21.6 Å². The van der Waals surface area contributed by atoms with Crippen LogP contribution in [0.15, 0.2) is 44.3 Å². The fourth-order valence-electron chi connectivity index (χ4n) is 1.56. The van der Waals surface area contributed by atoms with Gasteiger partial charge in [0, 0.05) is 19.3 Å². The van der Waals surface area contributed by atoms with Crippen molar-refractivity contribution in [3.05, 3.63) is 51.2 Å².